The lowest BCUT2D eigenvalue weighted by Gasteiger charge is -2.29. The molecule has 0 bridgehead atoms. The SMILES string of the molecule is Oc1ccnc(N(c2cc(N(c3cc(O)ccn3)c3cc(O)ccn3)nc(N(c3cc(O)ccn3)c3cc(O)ccn3)c2)c2cc(O)ccn2)c1. The molecule has 6 N–H and O–H groups in total. The van der Waals surface area contributed by atoms with Gasteiger partial charge in [0.1, 0.15) is 81.0 Å². The summed E-state index contributed by atoms with van der Waals surface area (Å²) in [6, 6.07) is 19.8. The zero-order valence-corrected chi connectivity index (χ0v) is 26.2. The molecule has 0 amide bonds. The summed E-state index contributed by atoms with van der Waals surface area (Å²) in [6.07, 6.45) is 8.30. The monoisotopic (exact) mass is 682 g/mol. The summed E-state index contributed by atoms with van der Waals surface area (Å²) in [7, 11) is 0. The van der Waals surface area contributed by atoms with Crippen LogP contribution in [-0.4, -0.2) is 65.5 Å². The Bertz CT molecular complexity index is 1960. The minimum absolute atomic E-state index is 0.106. The molecule has 0 radical (unpaired) electrons. The molecule has 7 aromatic heterocycles. The zero-order chi connectivity index (χ0) is 35.5. The smallest absolute Gasteiger partial charge is 0.144 e. The predicted molar refractivity (Wildman–Crippen MR) is 185 cm³/mol. The number of nitrogens with zero attached hydrogens (tertiary/aromatic N) is 10. The topological polar surface area (TPSA) is 221 Å². The van der Waals surface area contributed by atoms with Crippen molar-refractivity contribution in [3.8, 4) is 34.5 Å². The van der Waals surface area contributed by atoms with E-state index in [-0.39, 0.29) is 81.0 Å². The molecule has 252 valence electrons. The molecular formula is C35H26N10O6. The van der Waals surface area contributed by atoms with Gasteiger partial charge in [0, 0.05) is 85.7 Å². The van der Waals surface area contributed by atoms with E-state index in [1.807, 2.05) is 0 Å². The van der Waals surface area contributed by atoms with Crippen molar-refractivity contribution in [2.45, 2.75) is 0 Å². The van der Waals surface area contributed by atoms with E-state index in [4.69, 9.17) is 4.98 Å². The predicted octanol–water partition coefficient (Wildman–Crippen LogP) is 6.09. The molecule has 0 aromatic carbocycles. The van der Waals surface area contributed by atoms with Crippen molar-refractivity contribution in [1.29, 1.82) is 0 Å². The number of hydrogen-bond acceptors (Lipinski definition) is 16. The first-order valence-corrected chi connectivity index (χ1v) is 15.0. The maximum absolute atomic E-state index is 10.5. The molecule has 0 saturated heterocycles. The van der Waals surface area contributed by atoms with E-state index < -0.39 is 0 Å². The largest absolute Gasteiger partial charge is 0.508 e. The van der Waals surface area contributed by atoms with Crippen LogP contribution >= 0.6 is 0 Å². The molecule has 0 unspecified atom stereocenters. The van der Waals surface area contributed by atoms with Gasteiger partial charge >= 0.3 is 0 Å². The third-order valence-corrected chi connectivity index (χ3v) is 7.25. The maximum atomic E-state index is 10.5. The molecule has 51 heavy (non-hydrogen) atoms. The summed E-state index contributed by atoms with van der Waals surface area (Å²) in [5.41, 5.74) is 0.293. The summed E-state index contributed by atoms with van der Waals surface area (Å²) in [5, 5.41) is 63.0. The van der Waals surface area contributed by atoms with Crippen LogP contribution in [0.3, 0.4) is 0 Å². The Morgan fingerprint density at radius 2 is 0.529 bits per heavy atom. The molecule has 0 spiro atoms. The fourth-order valence-electron chi connectivity index (χ4n) is 5.11. The molecular weight excluding hydrogens is 656 g/mol. The van der Waals surface area contributed by atoms with Crippen molar-refractivity contribution in [2.75, 3.05) is 14.7 Å². The van der Waals surface area contributed by atoms with Crippen LogP contribution in [-0.2, 0) is 0 Å². The van der Waals surface area contributed by atoms with E-state index in [2.05, 4.69) is 29.9 Å². The Kier molecular flexibility index (Phi) is 8.36. The van der Waals surface area contributed by atoms with Crippen LogP contribution in [0.4, 0.5) is 52.2 Å². The number of aromatic nitrogens is 7. The Balaban J connectivity index is 1.57. The van der Waals surface area contributed by atoms with Gasteiger partial charge < -0.3 is 30.6 Å². The van der Waals surface area contributed by atoms with Crippen molar-refractivity contribution in [2.24, 2.45) is 0 Å². The number of pyridine rings is 7. The van der Waals surface area contributed by atoms with Crippen LogP contribution in [0.5, 0.6) is 34.5 Å². The molecule has 0 saturated carbocycles. The number of anilines is 9. The minimum atomic E-state index is -0.120. The highest BCUT2D eigenvalue weighted by Gasteiger charge is 2.27. The molecule has 0 fully saturated rings. The van der Waals surface area contributed by atoms with Crippen molar-refractivity contribution in [1.82, 2.24) is 34.9 Å². The van der Waals surface area contributed by atoms with Gasteiger partial charge in [0.05, 0.1) is 5.69 Å². The van der Waals surface area contributed by atoms with Gasteiger partial charge in [0.2, 0.25) is 0 Å². The lowest BCUT2D eigenvalue weighted by Crippen LogP contribution is -2.20. The highest BCUT2D eigenvalue weighted by molar-refractivity contribution is 5.83. The normalized spacial score (nSPS) is 10.8. The van der Waals surface area contributed by atoms with Crippen LogP contribution in [0.1, 0.15) is 0 Å². The standard InChI is InChI=1S/C35H26N10O6/c46-22-1-7-36-28(15-22)43(29-16-23(47)2-8-37-29)21-13-34(44(30-17-24(48)3-9-38-30)31-18-25(49)4-10-39-31)42-35(14-21)45(32-19-26(50)5-11-40-32)33-20-27(51)6-12-41-33/h1-20H,(H,36,46)(H,37,47)(H,38,48)(H,39,49)(H,40,50)(H,41,51). The van der Waals surface area contributed by atoms with E-state index in [1.54, 1.807) is 12.1 Å². The average Bonchev–Trinajstić information content (AvgIpc) is 3.09. The minimum Gasteiger partial charge on any atom is -0.508 e. The molecule has 0 atom stereocenters. The Labute approximate surface area is 288 Å². The van der Waals surface area contributed by atoms with E-state index in [0.29, 0.717) is 5.69 Å². The Hall–Kier alpha value is -7.75. The number of rotatable bonds is 9. The van der Waals surface area contributed by atoms with E-state index in [9.17, 15) is 30.6 Å². The fourth-order valence-corrected chi connectivity index (χ4v) is 5.11. The van der Waals surface area contributed by atoms with Crippen LogP contribution in [0.2, 0.25) is 0 Å². The van der Waals surface area contributed by atoms with Crippen molar-refractivity contribution >= 4 is 52.2 Å². The van der Waals surface area contributed by atoms with E-state index in [1.165, 1.54) is 125 Å². The van der Waals surface area contributed by atoms with E-state index in [0.717, 1.165) is 0 Å². The maximum Gasteiger partial charge on any atom is 0.144 e. The summed E-state index contributed by atoms with van der Waals surface area (Å²) in [5.74, 6) is 0.496. The Morgan fingerprint density at radius 3 is 0.765 bits per heavy atom. The lowest BCUT2D eigenvalue weighted by atomic mass is 10.2. The van der Waals surface area contributed by atoms with Gasteiger partial charge in [-0.1, -0.05) is 0 Å². The number of hydrogen-bond donors (Lipinski definition) is 6. The van der Waals surface area contributed by atoms with Gasteiger partial charge in [-0.25, -0.2) is 34.9 Å². The quantitative estimate of drug-likeness (QED) is 0.101. The summed E-state index contributed by atoms with van der Waals surface area (Å²) in [4.78, 5) is 36.1. The highest BCUT2D eigenvalue weighted by atomic mass is 16.3. The summed E-state index contributed by atoms with van der Waals surface area (Å²) < 4.78 is 0. The van der Waals surface area contributed by atoms with Crippen LogP contribution < -0.4 is 14.7 Å². The summed E-state index contributed by atoms with van der Waals surface area (Å²) >= 11 is 0. The first-order valence-electron chi connectivity index (χ1n) is 15.0. The van der Waals surface area contributed by atoms with E-state index >= 15 is 0 Å². The van der Waals surface area contributed by atoms with Gasteiger partial charge in [0.15, 0.2) is 0 Å². The third kappa shape index (κ3) is 6.81. The molecule has 7 aromatic rings. The van der Waals surface area contributed by atoms with Gasteiger partial charge in [-0.05, 0) is 36.4 Å². The van der Waals surface area contributed by atoms with Crippen molar-refractivity contribution in [3.05, 3.63) is 122 Å². The second-order valence-electron chi connectivity index (χ2n) is 10.8. The molecule has 16 heteroatoms. The first-order chi connectivity index (χ1) is 24.7. The van der Waals surface area contributed by atoms with Gasteiger partial charge in [-0.2, -0.15) is 0 Å². The Morgan fingerprint density at radius 1 is 0.294 bits per heavy atom. The zero-order valence-electron chi connectivity index (χ0n) is 26.2. The molecule has 0 aliphatic rings. The van der Waals surface area contributed by atoms with Gasteiger partial charge in [-0.3, -0.25) is 14.7 Å². The van der Waals surface area contributed by atoms with Crippen LogP contribution in [0, 0.1) is 0 Å². The van der Waals surface area contributed by atoms with Gasteiger partial charge in [-0.15, -0.1) is 0 Å². The average molecular weight is 683 g/mol. The van der Waals surface area contributed by atoms with Crippen LogP contribution in [0.25, 0.3) is 0 Å². The van der Waals surface area contributed by atoms with Crippen LogP contribution in [0.15, 0.2) is 122 Å². The number of aromatic hydroxyl groups is 6. The fraction of sp³-hybridized carbons (Fsp3) is 0. The molecule has 0 aliphatic carbocycles. The highest BCUT2D eigenvalue weighted by Crippen LogP contribution is 2.43. The first kappa shape index (κ1) is 31.8. The van der Waals surface area contributed by atoms with Gasteiger partial charge in [0.25, 0.3) is 0 Å². The molecule has 0 aliphatic heterocycles. The second kappa shape index (κ2) is 13.4. The van der Waals surface area contributed by atoms with Crippen molar-refractivity contribution in [3.63, 3.8) is 0 Å². The van der Waals surface area contributed by atoms with Crippen molar-refractivity contribution < 1.29 is 30.6 Å². The molecule has 7 rings (SSSR count). The molecule has 7 heterocycles. The second-order valence-corrected chi connectivity index (χ2v) is 10.8. The lowest BCUT2D eigenvalue weighted by molar-refractivity contribution is 0.473. The molecule has 16 nitrogen and oxygen atoms in total. The third-order valence-electron chi connectivity index (χ3n) is 7.25. The summed E-state index contributed by atoms with van der Waals surface area (Å²) in [6.45, 7) is 0.